The van der Waals surface area contributed by atoms with Gasteiger partial charge in [0.2, 0.25) is 0 Å². The van der Waals surface area contributed by atoms with E-state index in [1.807, 2.05) is 19.1 Å². The zero-order valence-corrected chi connectivity index (χ0v) is 14.1. The van der Waals surface area contributed by atoms with E-state index < -0.39 is 0 Å². The number of hydrogen-bond donors (Lipinski definition) is 1. The van der Waals surface area contributed by atoms with Gasteiger partial charge in [-0.1, -0.05) is 70.1 Å². The number of unbranched alkanes of at least 4 members (excludes halogenated alkanes) is 7. The van der Waals surface area contributed by atoms with Crippen molar-refractivity contribution in [1.82, 2.24) is 4.98 Å². The van der Waals surface area contributed by atoms with Gasteiger partial charge in [0.25, 0.3) is 0 Å². The van der Waals surface area contributed by atoms with Crippen LogP contribution in [0, 0.1) is 6.92 Å². The minimum Gasteiger partial charge on any atom is -0.505 e. The number of benzene rings is 1. The molecular formula is C20H29NO. The molecule has 0 atom stereocenters. The maximum atomic E-state index is 10.4. The van der Waals surface area contributed by atoms with Crippen molar-refractivity contribution in [2.24, 2.45) is 0 Å². The highest BCUT2D eigenvalue weighted by molar-refractivity contribution is 5.85. The summed E-state index contributed by atoms with van der Waals surface area (Å²) in [4.78, 5) is 4.47. The highest BCUT2D eigenvalue weighted by Crippen LogP contribution is 2.28. The van der Waals surface area contributed by atoms with Crippen LogP contribution in [0.4, 0.5) is 0 Å². The van der Waals surface area contributed by atoms with Gasteiger partial charge in [-0.2, -0.15) is 0 Å². The number of hydrogen-bond acceptors (Lipinski definition) is 2. The number of fused-ring (bicyclic) bond motifs is 1. The molecule has 0 saturated heterocycles. The average molecular weight is 299 g/mol. The van der Waals surface area contributed by atoms with Crippen molar-refractivity contribution in [1.29, 1.82) is 0 Å². The van der Waals surface area contributed by atoms with Gasteiger partial charge >= 0.3 is 0 Å². The Morgan fingerprint density at radius 1 is 0.864 bits per heavy atom. The van der Waals surface area contributed by atoms with Crippen LogP contribution in [0.1, 0.15) is 69.5 Å². The monoisotopic (exact) mass is 299 g/mol. The lowest BCUT2D eigenvalue weighted by atomic mass is 10.0. The number of rotatable bonds is 9. The first-order valence-corrected chi connectivity index (χ1v) is 8.80. The van der Waals surface area contributed by atoms with Gasteiger partial charge in [-0.3, -0.25) is 0 Å². The Hall–Kier alpha value is -1.57. The third-order valence-electron chi connectivity index (χ3n) is 4.36. The first-order chi connectivity index (χ1) is 10.7. The van der Waals surface area contributed by atoms with E-state index >= 15 is 0 Å². The molecule has 1 N–H and O–H groups in total. The molecule has 1 aromatic carbocycles. The maximum Gasteiger partial charge on any atom is 0.144 e. The number of aryl methyl sites for hydroxylation is 2. The van der Waals surface area contributed by atoms with Crippen LogP contribution in [0.25, 0.3) is 10.9 Å². The number of aromatic nitrogens is 1. The Balaban J connectivity index is 1.81. The van der Waals surface area contributed by atoms with Crippen LogP contribution in [0.5, 0.6) is 5.75 Å². The Morgan fingerprint density at radius 3 is 2.23 bits per heavy atom. The highest BCUT2D eigenvalue weighted by Gasteiger charge is 2.07. The van der Waals surface area contributed by atoms with Crippen LogP contribution in [-0.4, -0.2) is 10.1 Å². The standard InChI is InChI=1S/C20H29NO/c1-3-4-5-6-7-8-9-10-11-18-15-14-17-13-12-16(2)21-19(17)20(18)22/h12-15,22H,3-11H2,1-2H3. The van der Waals surface area contributed by atoms with E-state index in [1.165, 1.54) is 44.9 Å². The average Bonchev–Trinajstić information content (AvgIpc) is 2.52. The van der Waals surface area contributed by atoms with Gasteiger partial charge in [0, 0.05) is 11.1 Å². The molecule has 0 spiro atoms. The normalized spacial score (nSPS) is 11.2. The first-order valence-electron chi connectivity index (χ1n) is 8.80. The van der Waals surface area contributed by atoms with Crippen molar-refractivity contribution < 1.29 is 5.11 Å². The van der Waals surface area contributed by atoms with Gasteiger partial charge in [-0.25, -0.2) is 4.98 Å². The lowest BCUT2D eigenvalue weighted by molar-refractivity contribution is 0.471. The SMILES string of the molecule is CCCCCCCCCCc1ccc2ccc(C)nc2c1O. The number of pyridine rings is 1. The molecule has 0 unspecified atom stereocenters. The Bertz CT molecular complexity index is 592. The molecule has 2 heteroatoms. The molecule has 0 aliphatic rings. The van der Waals surface area contributed by atoms with Crippen molar-refractivity contribution in [3.05, 3.63) is 35.5 Å². The Kier molecular flexibility index (Phi) is 6.70. The summed E-state index contributed by atoms with van der Waals surface area (Å²) in [6, 6.07) is 8.13. The second kappa shape index (κ2) is 8.77. The molecule has 22 heavy (non-hydrogen) atoms. The fraction of sp³-hybridized carbons (Fsp3) is 0.550. The van der Waals surface area contributed by atoms with Crippen molar-refractivity contribution in [2.75, 3.05) is 0 Å². The minimum atomic E-state index is 0.379. The van der Waals surface area contributed by atoms with Gasteiger partial charge < -0.3 is 5.11 Å². The van der Waals surface area contributed by atoms with E-state index in [1.54, 1.807) is 0 Å². The molecule has 2 nitrogen and oxygen atoms in total. The van der Waals surface area contributed by atoms with Crippen LogP contribution < -0.4 is 0 Å². The summed E-state index contributed by atoms with van der Waals surface area (Å²) in [5.74, 6) is 0.379. The Labute approximate surface area is 134 Å². The van der Waals surface area contributed by atoms with Gasteiger partial charge in [-0.15, -0.1) is 0 Å². The highest BCUT2D eigenvalue weighted by atomic mass is 16.3. The lowest BCUT2D eigenvalue weighted by Gasteiger charge is -2.08. The zero-order valence-electron chi connectivity index (χ0n) is 14.1. The van der Waals surface area contributed by atoms with Crippen molar-refractivity contribution >= 4 is 10.9 Å². The fourth-order valence-corrected chi connectivity index (χ4v) is 2.96. The van der Waals surface area contributed by atoms with Crippen molar-refractivity contribution in [2.45, 2.75) is 71.6 Å². The second-order valence-corrected chi connectivity index (χ2v) is 6.32. The molecule has 2 aromatic rings. The van der Waals surface area contributed by atoms with Gasteiger partial charge in [0.05, 0.1) is 0 Å². The molecular weight excluding hydrogens is 270 g/mol. The third-order valence-corrected chi connectivity index (χ3v) is 4.36. The second-order valence-electron chi connectivity index (χ2n) is 6.32. The summed E-state index contributed by atoms with van der Waals surface area (Å²) < 4.78 is 0. The van der Waals surface area contributed by atoms with Crippen molar-refractivity contribution in [3.63, 3.8) is 0 Å². The predicted octanol–water partition coefficient (Wildman–Crippen LogP) is 5.93. The van der Waals surface area contributed by atoms with Crippen LogP contribution in [0.2, 0.25) is 0 Å². The lowest BCUT2D eigenvalue weighted by Crippen LogP contribution is -1.91. The number of nitrogens with zero attached hydrogens (tertiary/aromatic N) is 1. The molecule has 0 amide bonds. The van der Waals surface area contributed by atoms with Crippen molar-refractivity contribution in [3.8, 4) is 5.75 Å². The predicted molar refractivity (Wildman–Crippen MR) is 94.5 cm³/mol. The van der Waals surface area contributed by atoms with E-state index in [0.717, 1.165) is 35.0 Å². The minimum absolute atomic E-state index is 0.379. The molecule has 2 rings (SSSR count). The molecule has 0 saturated carbocycles. The van der Waals surface area contributed by atoms with Gasteiger partial charge in [0.15, 0.2) is 0 Å². The number of aromatic hydroxyl groups is 1. The molecule has 0 aliphatic carbocycles. The maximum absolute atomic E-state index is 10.4. The zero-order chi connectivity index (χ0) is 15.8. The summed E-state index contributed by atoms with van der Waals surface area (Å²) in [6.07, 6.45) is 11.5. The Morgan fingerprint density at radius 2 is 1.50 bits per heavy atom. The molecule has 0 bridgehead atoms. The summed E-state index contributed by atoms with van der Waals surface area (Å²) in [7, 11) is 0. The van der Waals surface area contributed by atoms with Crippen LogP contribution in [0.3, 0.4) is 0 Å². The van der Waals surface area contributed by atoms with E-state index in [0.29, 0.717) is 5.75 Å². The largest absolute Gasteiger partial charge is 0.505 e. The number of phenolic OH excluding ortho intramolecular Hbond substituents is 1. The molecule has 0 aliphatic heterocycles. The fourth-order valence-electron chi connectivity index (χ4n) is 2.96. The van der Waals surface area contributed by atoms with E-state index in [9.17, 15) is 5.11 Å². The van der Waals surface area contributed by atoms with Gasteiger partial charge in [-0.05, 0) is 31.4 Å². The molecule has 1 heterocycles. The van der Waals surface area contributed by atoms with Crippen LogP contribution in [-0.2, 0) is 6.42 Å². The summed E-state index contributed by atoms with van der Waals surface area (Å²) >= 11 is 0. The van der Waals surface area contributed by atoms with E-state index in [2.05, 4.69) is 24.0 Å². The quantitative estimate of drug-likeness (QED) is 0.582. The van der Waals surface area contributed by atoms with Gasteiger partial charge in [0.1, 0.15) is 11.3 Å². The molecule has 120 valence electrons. The topological polar surface area (TPSA) is 33.1 Å². The summed E-state index contributed by atoms with van der Waals surface area (Å²) in [5, 5.41) is 11.4. The smallest absolute Gasteiger partial charge is 0.144 e. The summed E-state index contributed by atoms with van der Waals surface area (Å²) in [5.41, 5.74) is 2.74. The summed E-state index contributed by atoms with van der Waals surface area (Å²) in [6.45, 7) is 4.22. The van der Waals surface area contributed by atoms with E-state index in [4.69, 9.17) is 0 Å². The first kappa shape index (κ1) is 16.8. The van der Waals surface area contributed by atoms with Crippen LogP contribution in [0.15, 0.2) is 24.3 Å². The molecule has 0 radical (unpaired) electrons. The molecule has 0 fully saturated rings. The van der Waals surface area contributed by atoms with E-state index in [-0.39, 0.29) is 0 Å². The number of phenols is 1. The van der Waals surface area contributed by atoms with Crippen LogP contribution >= 0.6 is 0 Å². The molecule has 1 aromatic heterocycles. The third kappa shape index (κ3) is 4.72.